The standard InChI is InChI=1S/C26H29N5O6/c1-5-29-20(32)17(21(33)30(6-2)25(29)37)13-15-9-10-18-16(12-15)14-26(19-8-7-11-31(18)19)22(34)27(3)24(36)28(4)23(26)35/h9-10,12-13,19H,5-8,11,14H2,1-4H3. The van der Waals surface area contributed by atoms with Crippen molar-refractivity contribution in [2.75, 3.05) is 38.6 Å². The van der Waals surface area contributed by atoms with Crippen LogP contribution in [0.15, 0.2) is 23.8 Å². The fourth-order valence-electron chi connectivity index (χ4n) is 6.18. The van der Waals surface area contributed by atoms with Gasteiger partial charge in [0.2, 0.25) is 11.8 Å². The number of hydrogen-bond donors (Lipinski definition) is 0. The van der Waals surface area contributed by atoms with Gasteiger partial charge >= 0.3 is 12.1 Å². The SMILES string of the molecule is CCN1C(=O)C(=Cc2ccc3c(c2)CC2(C(=O)N(C)C(=O)N(C)C2=O)C2CCCN32)C(=O)N(CC)C1=O. The summed E-state index contributed by atoms with van der Waals surface area (Å²) >= 11 is 0. The Hall–Kier alpha value is -4.02. The highest BCUT2D eigenvalue weighted by Crippen LogP contribution is 2.49. The molecule has 3 saturated heterocycles. The number of benzene rings is 1. The minimum absolute atomic E-state index is 0.0999. The van der Waals surface area contributed by atoms with Gasteiger partial charge in [0.05, 0.1) is 6.04 Å². The van der Waals surface area contributed by atoms with Crippen LogP contribution in [0.4, 0.5) is 15.3 Å². The third-order valence-corrected chi connectivity index (χ3v) is 8.01. The average Bonchev–Trinajstić information content (AvgIpc) is 3.39. The van der Waals surface area contributed by atoms with E-state index < -0.39 is 41.1 Å². The van der Waals surface area contributed by atoms with Crippen LogP contribution in [0.2, 0.25) is 0 Å². The molecule has 0 saturated carbocycles. The first kappa shape index (κ1) is 24.7. The zero-order chi connectivity index (χ0) is 26.8. The topological polar surface area (TPSA) is 119 Å². The molecule has 11 heteroatoms. The summed E-state index contributed by atoms with van der Waals surface area (Å²) in [6.45, 7) is 4.26. The first-order valence-electron chi connectivity index (χ1n) is 12.5. The van der Waals surface area contributed by atoms with E-state index in [0.29, 0.717) is 18.5 Å². The summed E-state index contributed by atoms with van der Waals surface area (Å²) < 4.78 is 0. The van der Waals surface area contributed by atoms with E-state index in [1.165, 1.54) is 20.2 Å². The molecule has 194 valence electrons. The number of carbonyl (C=O) groups is 6. The number of carbonyl (C=O) groups excluding carboxylic acids is 6. The molecule has 4 heterocycles. The van der Waals surface area contributed by atoms with Gasteiger partial charge in [-0.25, -0.2) is 9.59 Å². The summed E-state index contributed by atoms with van der Waals surface area (Å²) in [7, 11) is 2.79. The molecular formula is C26H29N5O6. The first-order valence-corrected chi connectivity index (χ1v) is 12.5. The molecule has 0 N–H and O–H groups in total. The second-order valence-electron chi connectivity index (χ2n) is 9.84. The smallest absolute Gasteiger partial charge is 0.333 e. The van der Waals surface area contributed by atoms with E-state index in [1.807, 2.05) is 6.07 Å². The van der Waals surface area contributed by atoms with Gasteiger partial charge in [-0.3, -0.25) is 38.8 Å². The zero-order valence-electron chi connectivity index (χ0n) is 21.3. The Labute approximate surface area is 214 Å². The maximum Gasteiger partial charge on any atom is 0.333 e. The second kappa shape index (κ2) is 8.53. The predicted octanol–water partition coefficient (Wildman–Crippen LogP) is 1.46. The van der Waals surface area contributed by atoms with Crippen molar-refractivity contribution in [1.82, 2.24) is 19.6 Å². The molecule has 5 rings (SSSR count). The number of urea groups is 2. The Morgan fingerprint density at radius 3 is 2.05 bits per heavy atom. The number of rotatable bonds is 3. The van der Waals surface area contributed by atoms with E-state index >= 15 is 0 Å². The van der Waals surface area contributed by atoms with Gasteiger partial charge in [-0.15, -0.1) is 0 Å². The number of fused-ring (bicyclic) bond motifs is 4. The summed E-state index contributed by atoms with van der Waals surface area (Å²) in [4.78, 5) is 84.2. The lowest BCUT2D eigenvalue weighted by molar-refractivity contribution is -0.159. The predicted molar refractivity (Wildman–Crippen MR) is 132 cm³/mol. The molecular weight excluding hydrogens is 478 g/mol. The summed E-state index contributed by atoms with van der Waals surface area (Å²) in [5.74, 6) is -2.34. The van der Waals surface area contributed by atoms with Crippen LogP contribution in [0.5, 0.6) is 0 Å². The maximum absolute atomic E-state index is 13.6. The molecule has 8 amide bonds. The van der Waals surface area contributed by atoms with Crippen LogP contribution in [0.3, 0.4) is 0 Å². The van der Waals surface area contributed by atoms with Crippen LogP contribution >= 0.6 is 0 Å². The molecule has 11 nitrogen and oxygen atoms in total. The van der Waals surface area contributed by atoms with E-state index in [0.717, 1.165) is 37.3 Å². The Kier molecular flexibility index (Phi) is 5.69. The van der Waals surface area contributed by atoms with Crippen molar-refractivity contribution in [1.29, 1.82) is 0 Å². The quantitative estimate of drug-likeness (QED) is 0.345. The zero-order valence-corrected chi connectivity index (χ0v) is 21.3. The van der Waals surface area contributed by atoms with E-state index in [9.17, 15) is 28.8 Å². The highest BCUT2D eigenvalue weighted by molar-refractivity contribution is 6.31. The van der Waals surface area contributed by atoms with Crippen LogP contribution in [-0.2, 0) is 25.6 Å². The summed E-state index contributed by atoms with van der Waals surface area (Å²) in [6.07, 6.45) is 3.01. The number of imide groups is 4. The van der Waals surface area contributed by atoms with Gasteiger partial charge in [0.1, 0.15) is 5.57 Å². The Morgan fingerprint density at radius 2 is 1.49 bits per heavy atom. The number of likely N-dealkylation sites (N-methyl/N-ethyl adjacent to an activating group) is 2. The van der Waals surface area contributed by atoms with E-state index in [-0.39, 0.29) is 31.1 Å². The van der Waals surface area contributed by atoms with Gasteiger partial charge in [-0.05, 0) is 62.4 Å². The van der Waals surface area contributed by atoms with Crippen molar-refractivity contribution in [2.24, 2.45) is 5.41 Å². The van der Waals surface area contributed by atoms with E-state index in [4.69, 9.17) is 0 Å². The van der Waals surface area contributed by atoms with Crippen molar-refractivity contribution in [3.8, 4) is 0 Å². The third kappa shape index (κ3) is 3.25. The van der Waals surface area contributed by atoms with Crippen LogP contribution in [0.1, 0.15) is 37.8 Å². The van der Waals surface area contributed by atoms with Gasteiger partial charge in [-0.2, -0.15) is 0 Å². The van der Waals surface area contributed by atoms with E-state index in [1.54, 1.807) is 26.0 Å². The molecule has 3 fully saturated rings. The molecule has 1 spiro atoms. The van der Waals surface area contributed by atoms with Crippen LogP contribution < -0.4 is 4.90 Å². The minimum atomic E-state index is -1.44. The lowest BCUT2D eigenvalue weighted by atomic mass is 9.68. The van der Waals surface area contributed by atoms with Gasteiger partial charge < -0.3 is 4.90 Å². The van der Waals surface area contributed by atoms with Gasteiger partial charge in [0.15, 0.2) is 5.41 Å². The highest BCUT2D eigenvalue weighted by atomic mass is 16.2. The average molecular weight is 508 g/mol. The number of nitrogens with zero attached hydrogens (tertiary/aromatic N) is 5. The molecule has 1 aromatic carbocycles. The molecule has 4 aliphatic heterocycles. The van der Waals surface area contributed by atoms with Crippen molar-refractivity contribution >= 4 is 47.5 Å². The van der Waals surface area contributed by atoms with Crippen molar-refractivity contribution in [3.63, 3.8) is 0 Å². The minimum Gasteiger partial charge on any atom is -0.367 e. The van der Waals surface area contributed by atoms with Crippen LogP contribution in [0, 0.1) is 5.41 Å². The van der Waals surface area contributed by atoms with E-state index in [2.05, 4.69) is 4.90 Å². The molecule has 1 aromatic rings. The third-order valence-electron chi connectivity index (χ3n) is 8.01. The Morgan fingerprint density at radius 1 is 0.892 bits per heavy atom. The van der Waals surface area contributed by atoms with Crippen molar-refractivity contribution < 1.29 is 28.8 Å². The molecule has 0 radical (unpaired) electrons. The lowest BCUT2D eigenvalue weighted by Gasteiger charge is -2.50. The first-order chi connectivity index (χ1) is 17.6. The summed E-state index contributed by atoms with van der Waals surface area (Å²) in [5, 5.41) is 0. The normalized spacial score (nSPS) is 23.4. The molecule has 4 aliphatic rings. The largest absolute Gasteiger partial charge is 0.367 e. The Bertz CT molecular complexity index is 1250. The maximum atomic E-state index is 13.6. The van der Waals surface area contributed by atoms with Gasteiger partial charge in [-0.1, -0.05) is 6.07 Å². The van der Waals surface area contributed by atoms with Crippen LogP contribution in [0.25, 0.3) is 6.08 Å². The molecule has 0 aromatic heterocycles. The van der Waals surface area contributed by atoms with Crippen LogP contribution in [-0.4, -0.2) is 95.1 Å². The number of amides is 8. The fraction of sp³-hybridized carbons (Fsp3) is 0.462. The number of hydrogen-bond acceptors (Lipinski definition) is 7. The van der Waals surface area contributed by atoms with Gasteiger partial charge in [0, 0.05) is 39.4 Å². The fourth-order valence-corrected chi connectivity index (χ4v) is 6.18. The monoisotopic (exact) mass is 507 g/mol. The number of barbiturate groups is 2. The van der Waals surface area contributed by atoms with Crippen molar-refractivity contribution in [2.45, 2.75) is 39.2 Å². The molecule has 1 atom stereocenters. The second-order valence-corrected chi connectivity index (χ2v) is 9.84. The van der Waals surface area contributed by atoms with Crippen molar-refractivity contribution in [3.05, 3.63) is 34.9 Å². The summed E-state index contributed by atoms with van der Waals surface area (Å²) in [6, 6.07) is 3.78. The lowest BCUT2D eigenvalue weighted by Crippen LogP contribution is -2.70. The molecule has 37 heavy (non-hydrogen) atoms. The molecule has 0 aliphatic carbocycles. The molecule has 1 unspecified atom stereocenters. The number of anilines is 1. The Balaban J connectivity index is 1.60. The van der Waals surface area contributed by atoms with Gasteiger partial charge in [0.25, 0.3) is 11.8 Å². The highest BCUT2D eigenvalue weighted by Gasteiger charge is 2.63. The molecule has 0 bridgehead atoms. The summed E-state index contributed by atoms with van der Waals surface area (Å²) in [5.41, 5.74) is 0.589.